The smallest absolute Gasteiger partial charge is 0.295 e. The maximum Gasteiger partial charge on any atom is 0.295 e. The summed E-state index contributed by atoms with van der Waals surface area (Å²) in [6.07, 6.45) is -1.35. The van der Waals surface area contributed by atoms with Crippen LogP contribution in [0.3, 0.4) is 0 Å². The summed E-state index contributed by atoms with van der Waals surface area (Å²) in [6, 6.07) is 4.57. The number of nitro groups is 1. The molecule has 0 aliphatic rings. The second-order valence-corrected chi connectivity index (χ2v) is 3.19. The number of hydrogen-bond donors (Lipinski definition) is 0. The molecular weight excluding hydrogens is 266 g/mol. The van der Waals surface area contributed by atoms with E-state index in [1.165, 1.54) is 12.1 Å². The van der Waals surface area contributed by atoms with E-state index < -0.39 is 27.8 Å². The lowest BCUT2D eigenvalue weighted by Crippen LogP contribution is -2.17. The lowest BCUT2D eigenvalue weighted by atomic mass is 10.1. The van der Waals surface area contributed by atoms with Crippen molar-refractivity contribution in [1.29, 1.82) is 0 Å². The van der Waals surface area contributed by atoms with Crippen LogP contribution in [0, 0.1) is 30.3 Å². The SMILES string of the molecule is O=[N+]([O-])OCC(O[N+](=O)[O-])c1ccc([N+](=O)[O-])cc1. The minimum absolute atomic E-state index is 0.143. The Hall–Kier alpha value is -2.98. The molecule has 0 saturated heterocycles. The Bertz CT molecular complexity index is 487. The van der Waals surface area contributed by atoms with Crippen LogP contribution in [0.1, 0.15) is 11.7 Å². The molecule has 0 aromatic heterocycles. The fourth-order valence-corrected chi connectivity index (χ4v) is 1.23. The molecule has 1 rings (SSSR count). The number of non-ortho nitro benzene ring substituents is 1. The second-order valence-electron chi connectivity index (χ2n) is 3.19. The Kier molecular flexibility index (Phi) is 4.51. The summed E-state index contributed by atoms with van der Waals surface area (Å²) in [5, 5.41) is 28.5. The first-order chi connectivity index (χ1) is 8.90. The molecule has 0 N–H and O–H groups in total. The van der Waals surface area contributed by atoms with E-state index in [1.54, 1.807) is 0 Å². The largest absolute Gasteiger partial charge is 0.311 e. The van der Waals surface area contributed by atoms with Gasteiger partial charge in [0, 0.05) is 12.1 Å². The predicted molar refractivity (Wildman–Crippen MR) is 56.9 cm³/mol. The Labute approximate surface area is 104 Å². The van der Waals surface area contributed by atoms with Crippen LogP contribution < -0.4 is 0 Å². The van der Waals surface area contributed by atoms with E-state index in [-0.39, 0.29) is 11.3 Å². The van der Waals surface area contributed by atoms with Gasteiger partial charge >= 0.3 is 0 Å². The molecule has 1 aromatic rings. The van der Waals surface area contributed by atoms with E-state index in [1.807, 2.05) is 0 Å². The summed E-state index contributed by atoms with van der Waals surface area (Å²) in [5.41, 5.74) is -0.0806. The monoisotopic (exact) mass is 273 g/mol. The van der Waals surface area contributed by atoms with Crippen molar-refractivity contribution in [1.82, 2.24) is 0 Å². The molecule has 0 amide bonds. The summed E-state index contributed by atoms with van der Waals surface area (Å²) in [6.45, 7) is -0.703. The van der Waals surface area contributed by atoms with E-state index in [2.05, 4.69) is 9.68 Å². The summed E-state index contributed by atoms with van der Waals surface area (Å²) >= 11 is 0. The van der Waals surface area contributed by atoms with Gasteiger partial charge in [-0.05, 0) is 17.7 Å². The van der Waals surface area contributed by atoms with Gasteiger partial charge in [-0.1, -0.05) is 0 Å². The molecule has 0 heterocycles. The van der Waals surface area contributed by atoms with Crippen molar-refractivity contribution in [3.8, 4) is 0 Å². The van der Waals surface area contributed by atoms with Gasteiger partial charge in [0.05, 0.1) is 4.92 Å². The zero-order valence-corrected chi connectivity index (χ0v) is 9.20. The van der Waals surface area contributed by atoms with Crippen molar-refractivity contribution in [2.45, 2.75) is 6.10 Å². The van der Waals surface area contributed by atoms with Crippen molar-refractivity contribution < 1.29 is 24.8 Å². The Balaban J connectivity index is 2.86. The maximum atomic E-state index is 10.4. The molecule has 0 saturated carbocycles. The van der Waals surface area contributed by atoms with Gasteiger partial charge in [-0.2, -0.15) is 0 Å². The quantitative estimate of drug-likeness (QED) is 0.528. The Morgan fingerprint density at radius 1 is 1.00 bits per heavy atom. The van der Waals surface area contributed by atoms with Gasteiger partial charge in [0.1, 0.15) is 6.61 Å². The van der Waals surface area contributed by atoms with E-state index in [0.717, 1.165) is 12.1 Å². The summed E-state index contributed by atoms with van der Waals surface area (Å²) < 4.78 is 0. The number of rotatable bonds is 7. The molecule has 1 atom stereocenters. The van der Waals surface area contributed by atoms with E-state index in [0.29, 0.717) is 0 Å². The average Bonchev–Trinajstić information content (AvgIpc) is 2.34. The van der Waals surface area contributed by atoms with Crippen molar-refractivity contribution in [3.05, 3.63) is 60.2 Å². The highest BCUT2D eigenvalue weighted by Crippen LogP contribution is 2.21. The van der Waals surface area contributed by atoms with Gasteiger partial charge in [-0.15, -0.1) is 20.2 Å². The average molecular weight is 273 g/mol. The molecule has 19 heavy (non-hydrogen) atoms. The first-order valence-corrected chi connectivity index (χ1v) is 4.73. The second kappa shape index (κ2) is 6.09. The van der Waals surface area contributed by atoms with E-state index in [4.69, 9.17) is 0 Å². The minimum atomic E-state index is -1.35. The minimum Gasteiger partial charge on any atom is -0.311 e. The molecule has 0 spiro atoms. The molecule has 11 nitrogen and oxygen atoms in total. The lowest BCUT2D eigenvalue weighted by Gasteiger charge is -2.13. The van der Waals surface area contributed by atoms with Crippen LogP contribution in [-0.4, -0.2) is 21.7 Å². The molecule has 0 bridgehead atoms. The van der Waals surface area contributed by atoms with Crippen LogP contribution in [0.2, 0.25) is 0 Å². The molecule has 0 fully saturated rings. The third-order valence-corrected chi connectivity index (χ3v) is 2.02. The van der Waals surface area contributed by atoms with Gasteiger partial charge in [0.25, 0.3) is 15.9 Å². The van der Waals surface area contributed by atoms with Crippen LogP contribution in [0.4, 0.5) is 5.69 Å². The van der Waals surface area contributed by atoms with Crippen molar-refractivity contribution >= 4 is 5.69 Å². The van der Waals surface area contributed by atoms with Crippen LogP contribution in [-0.2, 0) is 9.68 Å². The first kappa shape index (κ1) is 14.1. The molecule has 0 aliphatic heterocycles. The van der Waals surface area contributed by atoms with Crippen LogP contribution in [0.15, 0.2) is 24.3 Å². The summed E-state index contributed by atoms with van der Waals surface area (Å²) in [4.78, 5) is 38.3. The predicted octanol–water partition coefficient (Wildman–Crippen LogP) is 1.05. The van der Waals surface area contributed by atoms with Gasteiger partial charge in [0.2, 0.25) is 0 Å². The maximum absolute atomic E-state index is 10.4. The molecule has 1 aromatic carbocycles. The number of benzene rings is 1. The van der Waals surface area contributed by atoms with E-state index in [9.17, 15) is 30.3 Å². The molecular formula is C8H7N3O8. The number of nitro benzene ring substituents is 1. The van der Waals surface area contributed by atoms with Gasteiger partial charge in [-0.25, -0.2) is 0 Å². The fraction of sp³-hybridized carbons (Fsp3) is 0.250. The van der Waals surface area contributed by atoms with Crippen molar-refractivity contribution in [2.75, 3.05) is 6.61 Å². The van der Waals surface area contributed by atoms with Crippen LogP contribution in [0.5, 0.6) is 0 Å². The third kappa shape index (κ3) is 4.41. The third-order valence-electron chi connectivity index (χ3n) is 2.02. The molecule has 0 radical (unpaired) electrons. The van der Waals surface area contributed by atoms with Crippen molar-refractivity contribution in [2.24, 2.45) is 0 Å². The van der Waals surface area contributed by atoms with E-state index >= 15 is 0 Å². The highest BCUT2D eigenvalue weighted by Gasteiger charge is 2.19. The normalized spacial score (nSPS) is 11.4. The summed E-state index contributed by atoms with van der Waals surface area (Å²) in [5.74, 6) is 0. The standard InChI is InChI=1S/C8H7N3O8/c12-9(13)7-3-1-6(2-4-7)8(19-11(16)17)5-18-10(14)15/h1-4,8H,5H2. The first-order valence-electron chi connectivity index (χ1n) is 4.73. The van der Waals surface area contributed by atoms with Gasteiger partial charge in [-0.3, -0.25) is 10.1 Å². The highest BCUT2D eigenvalue weighted by molar-refractivity contribution is 5.33. The fourth-order valence-electron chi connectivity index (χ4n) is 1.23. The topological polar surface area (TPSA) is 148 Å². The molecule has 11 heteroatoms. The highest BCUT2D eigenvalue weighted by atomic mass is 17.0. The molecule has 1 unspecified atom stereocenters. The van der Waals surface area contributed by atoms with Crippen LogP contribution in [0.25, 0.3) is 0 Å². The Morgan fingerprint density at radius 2 is 1.58 bits per heavy atom. The van der Waals surface area contributed by atoms with Crippen LogP contribution >= 0.6 is 0 Å². The lowest BCUT2D eigenvalue weighted by molar-refractivity contribution is -0.792. The zero-order valence-electron chi connectivity index (χ0n) is 9.20. The number of hydrogen-bond acceptors (Lipinski definition) is 8. The molecule has 102 valence electrons. The number of nitrogens with zero attached hydrogens (tertiary/aromatic N) is 3. The van der Waals surface area contributed by atoms with Gasteiger partial charge < -0.3 is 9.68 Å². The summed E-state index contributed by atoms with van der Waals surface area (Å²) in [7, 11) is 0. The molecule has 0 aliphatic carbocycles. The van der Waals surface area contributed by atoms with Crippen molar-refractivity contribution in [3.63, 3.8) is 0 Å². The zero-order chi connectivity index (χ0) is 14.4. The van der Waals surface area contributed by atoms with Gasteiger partial charge in [0.15, 0.2) is 6.10 Å². The Morgan fingerprint density at radius 3 is 2.00 bits per heavy atom.